The van der Waals surface area contributed by atoms with E-state index < -0.39 is 0 Å². The third kappa shape index (κ3) is 3.03. The van der Waals surface area contributed by atoms with Crippen molar-refractivity contribution in [3.63, 3.8) is 0 Å². The minimum atomic E-state index is -0.284. The standard InChI is InChI=1S/C16H19NO3/c1-11-5-3-4-6-13(11)17-14(10-18)12-7-8-16(20-2)15(19)9-12/h3-9,14,17-19H,10H2,1-2H3. The zero-order chi connectivity index (χ0) is 14.5. The van der Waals surface area contributed by atoms with Gasteiger partial charge < -0.3 is 20.3 Å². The molecule has 0 amide bonds. The highest BCUT2D eigenvalue weighted by molar-refractivity contribution is 5.53. The number of aryl methyl sites for hydroxylation is 1. The normalized spacial score (nSPS) is 11.9. The first-order valence-electron chi connectivity index (χ1n) is 6.45. The maximum Gasteiger partial charge on any atom is 0.160 e. The summed E-state index contributed by atoms with van der Waals surface area (Å²) in [6, 6.07) is 12.7. The second-order valence-corrected chi connectivity index (χ2v) is 4.63. The average Bonchev–Trinajstić information content (AvgIpc) is 2.46. The Morgan fingerprint density at radius 2 is 1.95 bits per heavy atom. The second kappa shape index (κ2) is 6.30. The third-order valence-corrected chi connectivity index (χ3v) is 3.26. The van der Waals surface area contributed by atoms with Gasteiger partial charge >= 0.3 is 0 Å². The smallest absolute Gasteiger partial charge is 0.160 e. The van der Waals surface area contributed by atoms with Gasteiger partial charge in [-0.2, -0.15) is 0 Å². The maximum atomic E-state index is 9.82. The molecule has 3 N–H and O–H groups in total. The summed E-state index contributed by atoms with van der Waals surface area (Å²) < 4.78 is 5.02. The summed E-state index contributed by atoms with van der Waals surface area (Å²) in [7, 11) is 1.50. The molecule has 2 aromatic rings. The Morgan fingerprint density at radius 1 is 1.20 bits per heavy atom. The van der Waals surface area contributed by atoms with Crippen molar-refractivity contribution in [2.45, 2.75) is 13.0 Å². The zero-order valence-electron chi connectivity index (χ0n) is 11.6. The van der Waals surface area contributed by atoms with E-state index >= 15 is 0 Å². The van der Waals surface area contributed by atoms with E-state index in [0.717, 1.165) is 16.8 Å². The van der Waals surface area contributed by atoms with Crippen molar-refractivity contribution in [3.8, 4) is 11.5 Å². The van der Waals surface area contributed by atoms with Crippen LogP contribution in [0.1, 0.15) is 17.2 Å². The number of benzene rings is 2. The summed E-state index contributed by atoms with van der Waals surface area (Å²) in [4.78, 5) is 0. The molecule has 2 aromatic carbocycles. The lowest BCUT2D eigenvalue weighted by atomic mass is 10.1. The van der Waals surface area contributed by atoms with Gasteiger partial charge in [-0.1, -0.05) is 24.3 Å². The lowest BCUT2D eigenvalue weighted by Crippen LogP contribution is -2.15. The number of ether oxygens (including phenoxy) is 1. The number of phenolic OH excluding ortho intramolecular Hbond substituents is 1. The molecule has 106 valence electrons. The molecule has 0 saturated heterocycles. The van der Waals surface area contributed by atoms with Gasteiger partial charge in [0.05, 0.1) is 19.8 Å². The highest BCUT2D eigenvalue weighted by Crippen LogP contribution is 2.30. The Kier molecular flexibility index (Phi) is 4.48. The first-order valence-corrected chi connectivity index (χ1v) is 6.45. The van der Waals surface area contributed by atoms with Crippen molar-refractivity contribution >= 4 is 5.69 Å². The van der Waals surface area contributed by atoms with Crippen molar-refractivity contribution in [3.05, 3.63) is 53.6 Å². The fraction of sp³-hybridized carbons (Fsp3) is 0.250. The molecule has 0 aromatic heterocycles. The Bertz CT molecular complexity index is 584. The van der Waals surface area contributed by atoms with Gasteiger partial charge in [0.1, 0.15) is 0 Å². The molecule has 0 aliphatic carbocycles. The predicted octanol–water partition coefficient (Wildman–Crippen LogP) is 2.85. The molecule has 0 fully saturated rings. The highest BCUT2D eigenvalue weighted by atomic mass is 16.5. The van der Waals surface area contributed by atoms with Crippen LogP contribution in [0.2, 0.25) is 0 Å². The molecule has 0 radical (unpaired) electrons. The molecule has 2 rings (SSSR count). The van der Waals surface area contributed by atoms with Gasteiger partial charge in [0.25, 0.3) is 0 Å². The van der Waals surface area contributed by atoms with Crippen molar-refractivity contribution in [1.29, 1.82) is 0 Å². The van der Waals surface area contributed by atoms with Crippen LogP contribution < -0.4 is 10.1 Å². The van der Waals surface area contributed by atoms with Gasteiger partial charge in [0, 0.05) is 5.69 Å². The van der Waals surface area contributed by atoms with Crippen LogP contribution in [0.4, 0.5) is 5.69 Å². The number of aliphatic hydroxyl groups excluding tert-OH is 1. The molecule has 0 bridgehead atoms. The quantitative estimate of drug-likeness (QED) is 0.784. The highest BCUT2D eigenvalue weighted by Gasteiger charge is 2.13. The fourth-order valence-electron chi connectivity index (χ4n) is 2.08. The van der Waals surface area contributed by atoms with Crippen LogP contribution in [0.5, 0.6) is 11.5 Å². The van der Waals surface area contributed by atoms with Crippen molar-refractivity contribution in [2.75, 3.05) is 19.0 Å². The van der Waals surface area contributed by atoms with Crippen LogP contribution >= 0.6 is 0 Å². The van der Waals surface area contributed by atoms with Crippen molar-refractivity contribution in [1.82, 2.24) is 0 Å². The number of nitrogens with one attached hydrogen (secondary N) is 1. The number of hydrogen-bond donors (Lipinski definition) is 3. The number of aromatic hydroxyl groups is 1. The summed E-state index contributed by atoms with van der Waals surface area (Å²) in [5.74, 6) is 0.483. The number of hydrogen-bond acceptors (Lipinski definition) is 4. The molecule has 4 heteroatoms. The number of rotatable bonds is 5. The first-order chi connectivity index (χ1) is 9.65. The minimum absolute atomic E-state index is 0.0648. The molecule has 0 saturated carbocycles. The van der Waals surface area contributed by atoms with Gasteiger partial charge in [0.2, 0.25) is 0 Å². The number of methoxy groups -OCH3 is 1. The minimum Gasteiger partial charge on any atom is -0.504 e. The molecule has 0 spiro atoms. The van der Waals surface area contributed by atoms with E-state index in [9.17, 15) is 10.2 Å². The monoisotopic (exact) mass is 273 g/mol. The molecule has 0 aliphatic heterocycles. The van der Waals surface area contributed by atoms with E-state index in [0.29, 0.717) is 5.75 Å². The van der Waals surface area contributed by atoms with Crippen LogP contribution in [0.25, 0.3) is 0 Å². The van der Waals surface area contributed by atoms with E-state index in [1.807, 2.05) is 37.3 Å². The summed E-state index contributed by atoms with van der Waals surface area (Å²) in [5.41, 5.74) is 2.86. The van der Waals surface area contributed by atoms with E-state index in [1.54, 1.807) is 12.1 Å². The number of para-hydroxylation sites is 1. The summed E-state index contributed by atoms with van der Waals surface area (Å²) >= 11 is 0. The largest absolute Gasteiger partial charge is 0.504 e. The van der Waals surface area contributed by atoms with Gasteiger partial charge in [0.15, 0.2) is 11.5 Å². The van der Waals surface area contributed by atoms with Gasteiger partial charge in [-0.15, -0.1) is 0 Å². The van der Waals surface area contributed by atoms with Gasteiger partial charge in [-0.05, 0) is 36.2 Å². The number of phenols is 1. The lowest BCUT2D eigenvalue weighted by molar-refractivity contribution is 0.276. The molecule has 0 heterocycles. The lowest BCUT2D eigenvalue weighted by Gasteiger charge is -2.20. The van der Waals surface area contributed by atoms with Crippen LogP contribution in [0.15, 0.2) is 42.5 Å². The van der Waals surface area contributed by atoms with Gasteiger partial charge in [-0.3, -0.25) is 0 Å². The van der Waals surface area contributed by atoms with Crippen LogP contribution in [-0.4, -0.2) is 23.9 Å². The van der Waals surface area contributed by atoms with Crippen molar-refractivity contribution in [2.24, 2.45) is 0 Å². The first kappa shape index (κ1) is 14.2. The molecular weight excluding hydrogens is 254 g/mol. The predicted molar refractivity (Wildman–Crippen MR) is 79.3 cm³/mol. The summed E-state index contributed by atoms with van der Waals surface area (Å²) in [6.07, 6.45) is 0. The molecule has 4 nitrogen and oxygen atoms in total. The average molecular weight is 273 g/mol. The van der Waals surface area contributed by atoms with E-state index in [4.69, 9.17) is 4.74 Å². The Balaban J connectivity index is 2.24. The SMILES string of the molecule is COc1ccc(C(CO)Nc2ccccc2C)cc1O. The Morgan fingerprint density at radius 3 is 2.55 bits per heavy atom. The molecule has 20 heavy (non-hydrogen) atoms. The fourth-order valence-corrected chi connectivity index (χ4v) is 2.08. The third-order valence-electron chi connectivity index (χ3n) is 3.26. The van der Waals surface area contributed by atoms with E-state index in [2.05, 4.69) is 5.32 Å². The number of aliphatic hydroxyl groups is 1. The van der Waals surface area contributed by atoms with E-state index in [1.165, 1.54) is 7.11 Å². The van der Waals surface area contributed by atoms with Crippen LogP contribution in [-0.2, 0) is 0 Å². The van der Waals surface area contributed by atoms with Crippen molar-refractivity contribution < 1.29 is 14.9 Å². The molecule has 0 aliphatic rings. The molecule has 1 unspecified atom stereocenters. The Labute approximate surface area is 118 Å². The van der Waals surface area contributed by atoms with Crippen LogP contribution in [0, 0.1) is 6.92 Å². The van der Waals surface area contributed by atoms with E-state index in [-0.39, 0.29) is 18.4 Å². The maximum absolute atomic E-state index is 9.82. The summed E-state index contributed by atoms with van der Waals surface area (Å²) in [6.45, 7) is 1.93. The molecule has 1 atom stereocenters. The summed E-state index contributed by atoms with van der Waals surface area (Å²) in [5, 5.41) is 22.7. The van der Waals surface area contributed by atoms with Gasteiger partial charge in [-0.25, -0.2) is 0 Å². The topological polar surface area (TPSA) is 61.7 Å². The zero-order valence-corrected chi connectivity index (χ0v) is 11.6. The number of anilines is 1. The second-order valence-electron chi connectivity index (χ2n) is 4.63. The Hall–Kier alpha value is -2.20. The van der Waals surface area contributed by atoms with Crippen LogP contribution in [0.3, 0.4) is 0 Å². The molecular formula is C16H19NO3.